The zero-order valence-corrected chi connectivity index (χ0v) is 9.32. The van der Waals surface area contributed by atoms with E-state index in [0.29, 0.717) is 12.5 Å². The minimum absolute atomic E-state index is 0. The molecular weight excluding hydrogens is 243 g/mol. The number of nitrogens with zero attached hydrogens (tertiary/aromatic N) is 2. The van der Waals surface area contributed by atoms with Crippen molar-refractivity contribution in [2.45, 2.75) is 0 Å². The van der Waals surface area contributed by atoms with Crippen LogP contribution in [0, 0.1) is 0 Å². The Morgan fingerprint density at radius 3 is 1.33 bits per heavy atom. The van der Waals surface area contributed by atoms with Gasteiger partial charge in [-0.25, -0.2) is 16.8 Å². The van der Waals surface area contributed by atoms with E-state index in [1.807, 2.05) is 0 Å². The summed E-state index contributed by atoms with van der Waals surface area (Å²) < 4.78 is 40.9. The second-order valence-electron chi connectivity index (χ2n) is 1.91. The predicted molar refractivity (Wildman–Crippen MR) is 38.3 cm³/mol. The third kappa shape index (κ3) is 4.03. The van der Waals surface area contributed by atoms with Crippen LogP contribution < -0.4 is 0 Å². The molecule has 0 amide bonds. The van der Waals surface area contributed by atoms with E-state index in [1.165, 1.54) is 0 Å². The molecule has 9 heteroatoms. The maximum absolute atomic E-state index is 10.5. The molecule has 0 aliphatic carbocycles. The average Bonchev–Trinajstić information content (AvgIpc) is 1.56. The summed E-state index contributed by atoms with van der Waals surface area (Å²) in [4.78, 5) is 2.17. The van der Waals surface area contributed by atoms with Gasteiger partial charge in [0.05, 0.1) is 12.5 Å². The summed E-state index contributed by atoms with van der Waals surface area (Å²) in [5.41, 5.74) is 8.03. The van der Waals surface area contributed by atoms with E-state index in [1.54, 1.807) is 0 Å². The molecule has 0 spiro atoms. The van der Waals surface area contributed by atoms with E-state index in [4.69, 9.17) is 5.53 Å². The van der Waals surface area contributed by atoms with Crippen LogP contribution in [0.5, 0.6) is 0 Å². The van der Waals surface area contributed by atoms with Gasteiger partial charge in [-0.2, -0.15) is 0 Å². The molecule has 0 unspecified atom stereocenters. The number of hydrogen-bond acceptors (Lipinski definition) is 4. The van der Waals surface area contributed by atoms with Crippen molar-refractivity contribution in [1.29, 1.82) is 0 Å². The molecule has 0 heterocycles. The molecule has 69 valence electrons. The summed E-state index contributed by atoms with van der Waals surface area (Å²) in [7, 11) is -7.92. The van der Waals surface area contributed by atoms with Gasteiger partial charge in [0.15, 0.2) is 0 Å². The fourth-order valence-corrected chi connectivity index (χ4v) is 2.92. The largest absolute Gasteiger partial charge is 0.494 e. The van der Waals surface area contributed by atoms with Gasteiger partial charge in [-0.15, -0.1) is 4.79 Å². The molecule has 0 fully saturated rings. The van der Waals surface area contributed by atoms with Gasteiger partial charge in [-0.1, -0.05) is 0 Å². The van der Waals surface area contributed by atoms with Crippen molar-refractivity contribution in [1.82, 2.24) is 0 Å². The van der Waals surface area contributed by atoms with Crippen LogP contribution in [0.2, 0.25) is 0 Å². The summed E-state index contributed by atoms with van der Waals surface area (Å²) in [6.07, 6.45) is 1.28. The predicted octanol–water partition coefficient (Wildman–Crippen LogP) is -1.34. The van der Waals surface area contributed by atoms with E-state index >= 15 is 0 Å². The van der Waals surface area contributed by atoms with Crippen LogP contribution in [0.25, 0.3) is 5.53 Å². The second-order valence-corrected chi connectivity index (χ2v) is 6.03. The fourth-order valence-electron chi connectivity index (χ4n) is 0.423. The van der Waals surface area contributed by atoms with Crippen molar-refractivity contribution < 1.29 is 40.2 Å². The van der Waals surface area contributed by atoms with Crippen LogP contribution in [0.3, 0.4) is 0 Å². The van der Waals surface area contributed by atoms with Gasteiger partial charge in [0.25, 0.3) is 19.7 Å². The first-order valence-electron chi connectivity index (χ1n) is 2.32. The Morgan fingerprint density at radius 1 is 1.08 bits per heavy atom. The summed E-state index contributed by atoms with van der Waals surface area (Å²) >= 11 is 0. The van der Waals surface area contributed by atoms with Crippen LogP contribution in [0.4, 0.5) is 0 Å². The smallest absolute Gasteiger partial charge is 0.359 e. The van der Waals surface area contributed by atoms with Gasteiger partial charge >= 0.3 is 4.38 Å². The molecule has 6 nitrogen and oxygen atoms in total. The van der Waals surface area contributed by atoms with E-state index in [9.17, 15) is 16.8 Å². The molecule has 12 heavy (non-hydrogen) atoms. The molecule has 0 aliphatic heterocycles. The molecule has 0 atom stereocenters. The van der Waals surface area contributed by atoms with E-state index in [2.05, 4.69) is 4.79 Å². The van der Waals surface area contributed by atoms with Gasteiger partial charge in [0, 0.05) is 18.6 Å². The van der Waals surface area contributed by atoms with Gasteiger partial charge in [-0.3, -0.25) is 0 Å². The van der Waals surface area contributed by atoms with Gasteiger partial charge in [0.1, 0.15) is 0 Å². The van der Waals surface area contributed by atoms with E-state index in [0.717, 1.165) is 0 Å². The molecule has 0 aromatic rings. The van der Waals surface area contributed by atoms with Crippen molar-refractivity contribution in [3.8, 4) is 0 Å². The summed E-state index contributed by atoms with van der Waals surface area (Å²) in [6.45, 7) is 0. The first kappa shape index (κ1) is 14.4. The summed E-state index contributed by atoms with van der Waals surface area (Å²) in [5, 5.41) is 0. The van der Waals surface area contributed by atoms with Crippen molar-refractivity contribution in [2.75, 3.05) is 12.5 Å². The van der Waals surface area contributed by atoms with Gasteiger partial charge < -0.3 is 5.53 Å². The number of hydrogen-bond donors (Lipinski definition) is 0. The molecule has 0 saturated heterocycles. The molecule has 0 aliphatic rings. The Morgan fingerprint density at radius 2 is 1.33 bits per heavy atom. The van der Waals surface area contributed by atoms with E-state index in [-0.39, 0.29) is 18.6 Å². The Bertz CT molecular complexity index is 368. The zero-order chi connectivity index (χ0) is 9.28. The normalized spacial score (nSPS) is 11.2. The third-order valence-electron chi connectivity index (χ3n) is 0.716. The van der Waals surface area contributed by atoms with Crippen LogP contribution in [0.15, 0.2) is 0 Å². The van der Waals surface area contributed by atoms with Crippen molar-refractivity contribution in [3.63, 3.8) is 0 Å². The minimum Gasteiger partial charge on any atom is -0.359 e. The molecule has 0 aromatic carbocycles. The van der Waals surface area contributed by atoms with Crippen LogP contribution in [-0.2, 0) is 38.2 Å². The zero-order valence-electron chi connectivity index (χ0n) is 6.29. The molecule has 0 aromatic heterocycles. The maximum atomic E-state index is 10.5. The van der Waals surface area contributed by atoms with Crippen LogP contribution in [0.1, 0.15) is 0 Å². The fraction of sp³-hybridized carbons (Fsp3) is 0.667. The van der Waals surface area contributed by atoms with E-state index < -0.39 is 24.1 Å². The van der Waals surface area contributed by atoms with Gasteiger partial charge in [-0.05, 0) is 0 Å². The molecule has 1 radical (unpaired) electrons. The van der Waals surface area contributed by atoms with Gasteiger partial charge in [0.2, 0.25) is 0 Å². The van der Waals surface area contributed by atoms with Crippen molar-refractivity contribution >= 4 is 24.1 Å². The SMILES string of the molecule is CS(=O)(=O)C(=[N+]=[N-])S(C)(=O)=O.[V]. The molecule has 0 N–H and O–H groups in total. The second kappa shape index (κ2) is 4.20. The third-order valence-corrected chi connectivity index (χ3v) is 3.96. The molecule has 0 rings (SSSR count). The Labute approximate surface area is 82.3 Å². The Hall–Kier alpha value is -0.136. The first-order valence-corrected chi connectivity index (χ1v) is 6.10. The number of rotatable bonds is 0. The number of sulfone groups is 2. The average molecular weight is 249 g/mol. The molecule has 0 bridgehead atoms. The summed E-state index contributed by atoms with van der Waals surface area (Å²) in [6, 6.07) is 0. The Kier molecular flexibility index (Phi) is 5.04. The quantitative estimate of drug-likeness (QED) is 0.229. The topological polar surface area (TPSA) is 105 Å². The first-order chi connectivity index (χ1) is 4.69. The monoisotopic (exact) mass is 249 g/mol. The van der Waals surface area contributed by atoms with Crippen molar-refractivity contribution in [3.05, 3.63) is 5.53 Å². The molecule has 0 saturated carbocycles. The molecular formula is C3H6N2O4S2V. The van der Waals surface area contributed by atoms with Crippen LogP contribution >= 0.6 is 0 Å². The standard InChI is InChI=1S/C3H6N2O4S2.V/c1-10(6,7)3(5-4)11(2,8)9;/h1-2H3;. The minimum atomic E-state index is -3.96. The van der Waals surface area contributed by atoms with Crippen LogP contribution in [-0.4, -0.2) is 38.5 Å². The van der Waals surface area contributed by atoms with Crippen molar-refractivity contribution in [2.24, 2.45) is 0 Å². The maximum Gasteiger partial charge on any atom is 0.494 e. The summed E-state index contributed by atoms with van der Waals surface area (Å²) in [5.74, 6) is 0. The Balaban J connectivity index is 0.